The number of halogens is 2. The molecule has 1 atom stereocenters. The maximum absolute atomic E-state index is 9.55. The average Bonchev–Trinajstić information content (AvgIpc) is 2.49. The van der Waals surface area contributed by atoms with Crippen molar-refractivity contribution in [3.05, 3.63) is 62.5 Å². The minimum absolute atomic E-state index is 0.0580. The second-order valence-electron chi connectivity index (χ2n) is 4.62. The first-order valence-electron chi connectivity index (χ1n) is 6.56. The van der Waals surface area contributed by atoms with Crippen LogP contribution in [-0.2, 0) is 6.54 Å². The van der Waals surface area contributed by atoms with E-state index in [2.05, 4.69) is 37.2 Å². The van der Waals surface area contributed by atoms with Crippen LogP contribution in [-0.4, -0.2) is 18.8 Å². The Kier molecular flexibility index (Phi) is 6.23. The van der Waals surface area contributed by atoms with E-state index in [-0.39, 0.29) is 12.6 Å². The number of hydrogen-bond acceptors (Lipinski definition) is 3. The van der Waals surface area contributed by atoms with Gasteiger partial charge in [0.15, 0.2) is 0 Å². The lowest BCUT2D eigenvalue weighted by atomic mass is 10.1. The molecular formula is C16H17Br2NO2. The van der Waals surface area contributed by atoms with Crippen molar-refractivity contribution in [1.29, 1.82) is 0 Å². The van der Waals surface area contributed by atoms with Crippen LogP contribution in [0.15, 0.2) is 51.4 Å². The molecule has 3 nitrogen and oxygen atoms in total. The van der Waals surface area contributed by atoms with Crippen molar-refractivity contribution < 1.29 is 9.84 Å². The number of rotatable bonds is 6. The van der Waals surface area contributed by atoms with Gasteiger partial charge in [0, 0.05) is 6.54 Å². The summed E-state index contributed by atoms with van der Waals surface area (Å²) < 4.78 is 7.09. The fourth-order valence-electron chi connectivity index (χ4n) is 2.12. The van der Waals surface area contributed by atoms with Gasteiger partial charge < -0.3 is 15.2 Å². The van der Waals surface area contributed by atoms with E-state index in [0.29, 0.717) is 6.54 Å². The summed E-state index contributed by atoms with van der Waals surface area (Å²) in [5.74, 6) is 0.778. The quantitative estimate of drug-likeness (QED) is 0.749. The van der Waals surface area contributed by atoms with Crippen LogP contribution in [0.2, 0.25) is 0 Å². The fourth-order valence-corrected chi connectivity index (χ4v) is 3.73. The van der Waals surface area contributed by atoms with Crippen LogP contribution in [0, 0.1) is 0 Å². The van der Waals surface area contributed by atoms with E-state index in [1.54, 1.807) is 7.11 Å². The number of aliphatic hydroxyl groups excluding tert-OH is 1. The Labute approximate surface area is 141 Å². The molecule has 0 unspecified atom stereocenters. The summed E-state index contributed by atoms with van der Waals surface area (Å²) in [5, 5.41) is 12.9. The van der Waals surface area contributed by atoms with Crippen molar-refractivity contribution in [2.75, 3.05) is 13.7 Å². The first kappa shape index (κ1) is 16.5. The molecule has 0 bridgehead atoms. The number of hydrogen-bond donors (Lipinski definition) is 2. The van der Waals surface area contributed by atoms with Crippen molar-refractivity contribution >= 4 is 31.9 Å². The van der Waals surface area contributed by atoms with Gasteiger partial charge >= 0.3 is 0 Å². The van der Waals surface area contributed by atoms with Gasteiger partial charge in [-0.2, -0.15) is 0 Å². The zero-order chi connectivity index (χ0) is 15.2. The average molecular weight is 415 g/mol. The fraction of sp³-hybridized carbons (Fsp3) is 0.250. The topological polar surface area (TPSA) is 41.5 Å². The molecule has 2 rings (SSSR count). The Bertz CT molecular complexity index is 567. The molecule has 21 heavy (non-hydrogen) atoms. The second kappa shape index (κ2) is 7.94. The number of methoxy groups -OCH3 is 1. The van der Waals surface area contributed by atoms with Crippen LogP contribution < -0.4 is 10.1 Å². The highest BCUT2D eigenvalue weighted by Gasteiger charge is 2.11. The lowest BCUT2D eigenvalue weighted by Crippen LogP contribution is -2.23. The van der Waals surface area contributed by atoms with Crippen molar-refractivity contribution in [1.82, 2.24) is 5.32 Å². The van der Waals surface area contributed by atoms with Crippen LogP contribution in [0.5, 0.6) is 5.75 Å². The highest BCUT2D eigenvalue weighted by atomic mass is 79.9. The summed E-state index contributed by atoms with van der Waals surface area (Å²) in [6, 6.07) is 13.9. The molecule has 0 aliphatic carbocycles. The van der Waals surface area contributed by atoms with Crippen LogP contribution in [0.3, 0.4) is 0 Å². The number of benzene rings is 2. The predicted molar refractivity (Wildman–Crippen MR) is 91.5 cm³/mol. The van der Waals surface area contributed by atoms with E-state index in [9.17, 15) is 5.11 Å². The second-order valence-corrected chi connectivity index (χ2v) is 6.33. The number of ether oxygens (including phenoxy) is 1. The molecule has 2 N–H and O–H groups in total. The Morgan fingerprint density at radius 1 is 1.14 bits per heavy atom. The van der Waals surface area contributed by atoms with Gasteiger partial charge in [-0.15, -0.1) is 0 Å². The molecule has 0 fully saturated rings. The van der Waals surface area contributed by atoms with E-state index in [4.69, 9.17) is 4.74 Å². The lowest BCUT2D eigenvalue weighted by molar-refractivity contribution is 0.243. The smallest absolute Gasteiger partial charge is 0.147 e. The first-order chi connectivity index (χ1) is 10.2. The molecule has 0 aliphatic heterocycles. The molecule has 2 aromatic rings. The summed E-state index contributed by atoms with van der Waals surface area (Å²) in [7, 11) is 1.64. The zero-order valence-corrected chi connectivity index (χ0v) is 14.8. The predicted octanol–water partition coefficient (Wildman–Crippen LogP) is 4.04. The first-order valence-corrected chi connectivity index (χ1v) is 8.15. The third-order valence-corrected chi connectivity index (χ3v) is 4.38. The Balaban J connectivity index is 2.08. The van der Waals surface area contributed by atoms with Gasteiger partial charge in [-0.1, -0.05) is 30.3 Å². The van der Waals surface area contributed by atoms with Crippen molar-refractivity contribution in [2.24, 2.45) is 0 Å². The summed E-state index contributed by atoms with van der Waals surface area (Å²) in [5.41, 5.74) is 2.18. The highest BCUT2D eigenvalue weighted by molar-refractivity contribution is 9.11. The van der Waals surface area contributed by atoms with E-state index >= 15 is 0 Å². The summed E-state index contributed by atoms with van der Waals surface area (Å²) in [6.07, 6.45) is 0. The molecule has 0 aliphatic rings. The standard InChI is InChI=1S/C16H17Br2NO2/c1-21-16-13(17)7-11(8-14(16)18)9-19-15(10-20)12-5-3-2-4-6-12/h2-8,15,19-20H,9-10H2,1H3/t15-/m0/s1. The molecule has 2 aromatic carbocycles. The van der Waals surface area contributed by atoms with Crippen molar-refractivity contribution in [3.63, 3.8) is 0 Å². The van der Waals surface area contributed by atoms with Crippen LogP contribution >= 0.6 is 31.9 Å². The maximum atomic E-state index is 9.55. The van der Waals surface area contributed by atoms with Crippen LogP contribution in [0.4, 0.5) is 0 Å². The summed E-state index contributed by atoms with van der Waals surface area (Å²) in [4.78, 5) is 0. The molecule has 0 amide bonds. The minimum atomic E-state index is -0.0779. The van der Waals surface area contributed by atoms with E-state index in [1.165, 1.54) is 0 Å². The molecule has 5 heteroatoms. The van der Waals surface area contributed by atoms with E-state index in [1.807, 2.05) is 42.5 Å². The summed E-state index contributed by atoms with van der Waals surface area (Å²) in [6.45, 7) is 0.712. The molecule has 0 saturated heterocycles. The van der Waals surface area contributed by atoms with Gasteiger partial charge in [0.05, 0.1) is 28.7 Å². The van der Waals surface area contributed by atoms with Crippen molar-refractivity contribution in [3.8, 4) is 5.75 Å². The SMILES string of the molecule is COc1c(Br)cc(CN[C@@H](CO)c2ccccc2)cc1Br. The molecule has 0 aromatic heterocycles. The van der Waals surface area contributed by atoms with Gasteiger partial charge in [0.2, 0.25) is 0 Å². The molecule has 0 heterocycles. The van der Waals surface area contributed by atoms with E-state index < -0.39 is 0 Å². The van der Waals surface area contributed by atoms with Gasteiger partial charge in [0.1, 0.15) is 5.75 Å². The molecule has 112 valence electrons. The number of nitrogens with one attached hydrogen (secondary N) is 1. The van der Waals surface area contributed by atoms with Gasteiger partial charge in [-0.25, -0.2) is 0 Å². The molecule has 0 radical (unpaired) electrons. The lowest BCUT2D eigenvalue weighted by Gasteiger charge is -2.17. The molecule has 0 spiro atoms. The van der Waals surface area contributed by atoms with Crippen molar-refractivity contribution in [2.45, 2.75) is 12.6 Å². The summed E-state index contributed by atoms with van der Waals surface area (Å²) >= 11 is 6.99. The van der Waals surface area contributed by atoms with Crippen LogP contribution in [0.1, 0.15) is 17.2 Å². The Morgan fingerprint density at radius 3 is 2.29 bits per heavy atom. The van der Waals surface area contributed by atoms with Gasteiger partial charge in [0.25, 0.3) is 0 Å². The molecular weight excluding hydrogens is 398 g/mol. The normalized spacial score (nSPS) is 12.2. The third kappa shape index (κ3) is 4.30. The monoisotopic (exact) mass is 413 g/mol. The number of aliphatic hydroxyl groups is 1. The zero-order valence-electron chi connectivity index (χ0n) is 11.6. The van der Waals surface area contributed by atoms with E-state index in [0.717, 1.165) is 25.8 Å². The maximum Gasteiger partial charge on any atom is 0.147 e. The molecule has 0 saturated carbocycles. The third-order valence-electron chi connectivity index (χ3n) is 3.20. The van der Waals surface area contributed by atoms with Gasteiger partial charge in [-0.3, -0.25) is 0 Å². The largest absolute Gasteiger partial charge is 0.494 e. The minimum Gasteiger partial charge on any atom is -0.494 e. The van der Waals surface area contributed by atoms with Gasteiger partial charge in [-0.05, 0) is 55.1 Å². The Morgan fingerprint density at radius 2 is 1.76 bits per heavy atom. The Hall–Kier alpha value is -0.880. The highest BCUT2D eigenvalue weighted by Crippen LogP contribution is 2.34. The van der Waals surface area contributed by atoms with Crippen LogP contribution in [0.25, 0.3) is 0 Å².